The molecule has 0 aliphatic carbocycles. The number of hydrogen-bond acceptors (Lipinski definition) is 3. The number of rotatable bonds is 6. The molecule has 5 heteroatoms. The smallest absolute Gasteiger partial charge is 0.269 e. The SMILES string of the molecule is O=C(CCCSc1ccccc1)NNC(=O)c1ccccc1. The van der Waals surface area contributed by atoms with E-state index in [2.05, 4.69) is 10.9 Å². The lowest BCUT2D eigenvalue weighted by atomic mass is 10.2. The summed E-state index contributed by atoms with van der Waals surface area (Å²) in [7, 11) is 0. The van der Waals surface area contributed by atoms with E-state index in [4.69, 9.17) is 0 Å². The summed E-state index contributed by atoms with van der Waals surface area (Å²) < 4.78 is 0. The quantitative estimate of drug-likeness (QED) is 0.489. The van der Waals surface area contributed by atoms with E-state index in [-0.39, 0.29) is 11.8 Å². The van der Waals surface area contributed by atoms with Gasteiger partial charge in [-0.05, 0) is 36.4 Å². The summed E-state index contributed by atoms with van der Waals surface area (Å²) in [5.74, 6) is 0.370. The van der Waals surface area contributed by atoms with Gasteiger partial charge in [0.15, 0.2) is 0 Å². The van der Waals surface area contributed by atoms with Crippen LogP contribution in [0, 0.1) is 0 Å². The molecule has 0 atom stereocenters. The van der Waals surface area contributed by atoms with Gasteiger partial charge in [0.2, 0.25) is 5.91 Å². The van der Waals surface area contributed by atoms with Crippen LogP contribution in [0.25, 0.3) is 0 Å². The second-order valence-corrected chi connectivity index (χ2v) is 5.80. The molecule has 0 spiro atoms. The minimum absolute atomic E-state index is 0.182. The molecule has 0 aromatic heterocycles. The Morgan fingerprint density at radius 1 is 0.864 bits per heavy atom. The summed E-state index contributed by atoms with van der Waals surface area (Å²) in [4.78, 5) is 24.6. The predicted molar refractivity (Wildman–Crippen MR) is 88.5 cm³/mol. The maximum atomic E-state index is 11.7. The molecule has 0 aliphatic rings. The lowest BCUT2D eigenvalue weighted by molar-refractivity contribution is -0.121. The van der Waals surface area contributed by atoms with Crippen molar-refractivity contribution in [2.75, 3.05) is 5.75 Å². The van der Waals surface area contributed by atoms with E-state index >= 15 is 0 Å². The van der Waals surface area contributed by atoms with E-state index in [1.54, 1.807) is 36.0 Å². The molecule has 0 saturated carbocycles. The molecule has 4 nitrogen and oxygen atoms in total. The first kappa shape index (κ1) is 16.1. The first-order valence-electron chi connectivity index (χ1n) is 7.08. The van der Waals surface area contributed by atoms with E-state index in [1.165, 1.54) is 4.90 Å². The number of carbonyl (C=O) groups excluding carboxylic acids is 2. The van der Waals surface area contributed by atoms with Crippen molar-refractivity contribution in [1.29, 1.82) is 0 Å². The third-order valence-corrected chi connectivity index (χ3v) is 4.01. The van der Waals surface area contributed by atoms with Crippen molar-refractivity contribution in [2.45, 2.75) is 17.7 Å². The second kappa shape index (κ2) is 8.89. The molecule has 2 rings (SSSR count). The first-order valence-corrected chi connectivity index (χ1v) is 8.06. The number of hydrazine groups is 1. The van der Waals surface area contributed by atoms with Gasteiger partial charge in [0, 0.05) is 16.9 Å². The van der Waals surface area contributed by atoms with Crippen molar-refractivity contribution >= 4 is 23.6 Å². The second-order valence-electron chi connectivity index (χ2n) is 4.63. The number of nitrogens with one attached hydrogen (secondary N) is 2. The van der Waals surface area contributed by atoms with Crippen molar-refractivity contribution in [1.82, 2.24) is 10.9 Å². The zero-order valence-corrected chi connectivity index (χ0v) is 12.9. The lowest BCUT2D eigenvalue weighted by Gasteiger charge is -2.07. The van der Waals surface area contributed by atoms with Crippen molar-refractivity contribution in [2.24, 2.45) is 0 Å². The number of hydrogen-bond donors (Lipinski definition) is 2. The molecule has 2 aromatic rings. The van der Waals surface area contributed by atoms with E-state index in [9.17, 15) is 9.59 Å². The molecule has 0 fully saturated rings. The predicted octanol–water partition coefficient (Wildman–Crippen LogP) is 3.02. The van der Waals surface area contributed by atoms with Gasteiger partial charge in [-0.3, -0.25) is 20.4 Å². The van der Waals surface area contributed by atoms with Gasteiger partial charge in [0.25, 0.3) is 5.91 Å². The highest BCUT2D eigenvalue weighted by molar-refractivity contribution is 7.99. The topological polar surface area (TPSA) is 58.2 Å². The summed E-state index contributed by atoms with van der Waals surface area (Å²) in [6.07, 6.45) is 1.14. The van der Waals surface area contributed by atoms with Crippen LogP contribution in [0.1, 0.15) is 23.2 Å². The highest BCUT2D eigenvalue weighted by atomic mass is 32.2. The van der Waals surface area contributed by atoms with Crippen LogP contribution in [0.3, 0.4) is 0 Å². The molecule has 2 aromatic carbocycles. The Balaban J connectivity index is 1.61. The number of amides is 2. The Labute approximate surface area is 134 Å². The van der Waals surface area contributed by atoms with Gasteiger partial charge < -0.3 is 0 Å². The summed E-state index contributed by atoms with van der Waals surface area (Å²) in [5, 5.41) is 0. The van der Waals surface area contributed by atoms with Gasteiger partial charge in [-0.1, -0.05) is 36.4 Å². The molecule has 114 valence electrons. The fourth-order valence-electron chi connectivity index (χ4n) is 1.79. The summed E-state index contributed by atoms with van der Waals surface area (Å²) >= 11 is 1.72. The van der Waals surface area contributed by atoms with Gasteiger partial charge in [0.1, 0.15) is 0 Å². The van der Waals surface area contributed by atoms with Crippen LogP contribution in [0.15, 0.2) is 65.6 Å². The molecular formula is C17H18N2O2S. The average Bonchev–Trinajstić information content (AvgIpc) is 2.58. The Bertz CT molecular complexity index is 603. The molecular weight excluding hydrogens is 296 g/mol. The zero-order chi connectivity index (χ0) is 15.6. The molecule has 22 heavy (non-hydrogen) atoms. The van der Waals surface area contributed by atoms with Gasteiger partial charge in [-0.2, -0.15) is 0 Å². The molecule has 0 saturated heterocycles. The number of carbonyl (C=O) groups is 2. The lowest BCUT2D eigenvalue weighted by Crippen LogP contribution is -2.41. The van der Waals surface area contributed by atoms with Crippen LogP contribution in [0.4, 0.5) is 0 Å². The highest BCUT2D eigenvalue weighted by Crippen LogP contribution is 2.18. The minimum atomic E-state index is -0.312. The van der Waals surface area contributed by atoms with Crippen molar-refractivity contribution < 1.29 is 9.59 Å². The van der Waals surface area contributed by atoms with Crippen LogP contribution < -0.4 is 10.9 Å². The molecule has 2 amide bonds. The monoisotopic (exact) mass is 314 g/mol. The minimum Gasteiger partial charge on any atom is -0.273 e. The standard InChI is InChI=1S/C17H18N2O2S/c20-16(12-7-13-22-15-10-5-2-6-11-15)18-19-17(21)14-8-3-1-4-9-14/h1-6,8-11H,7,12-13H2,(H,18,20)(H,19,21). The van der Waals surface area contributed by atoms with Crippen LogP contribution >= 0.6 is 11.8 Å². The Morgan fingerprint density at radius 2 is 1.50 bits per heavy atom. The maximum absolute atomic E-state index is 11.7. The largest absolute Gasteiger partial charge is 0.273 e. The Kier molecular flexibility index (Phi) is 6.51. The molecule has 0 bridgehead atoms. The molecule has 0 unspecified atom stereocenters. The van der Waals surface area contributed by atoms with E-state index in [0.29, 0.717) is 12.0 Å². The van der Waals surface area contributed by atoms with Crippen molar-refractivity contribution in [3.63, 3.8) is 0 Å². The van der Waals surface area contributed by atoms with Crippen LogP contribution in [0.2, 0.25) is 0 Å². The molecule has 0 aliphatic heterocycles. The van der Waals surface area contributed by atoms with Crippen LogP contribution in [0.5, 0.6) is 0 Å². The third-order valence-electron chi connectivity index (χ3n) is 2.91. The zero-order valence-electron chi connectivity index (χ0n) is 12.1. The number of benzene rings is 2. The number of thioether (sulfide) groups is 1. The third kappa shape index (κ3) is 5.61. The Hall–Kier alpha value is -2.27. The van der Waals surface area contributed by atoms with Gasteiger partial charge >= 0.3 is 0 Å². The fraction of sp³-hybridized carbons (Fsp3) is 0.176. The van der Waals surface area contributed by atoms with Crippen molar-refractivity contribution in [3.8, 4) is 0 Å². The van der Waals surface area contributed by atoms with E-state index in [0.717, 1.165) is 12.2 Å². The summed E-state index contributed by atoms with van der Waals surface area (Å²) in [6, 6.07) is 18.8. The van der Waals surface area contributed by atoms with Gasteiger partial charge in [-0.25, -0.2) is 0 Å². The molecule has 2 N–H and O–H groups in total. The van der Waals surface area contributed by atoms with Crippen LogP contribution in [-0.4, -0.2) is 17.6 Å². The summed E-state index contributed by atoms with van der Waals surface area (Å²) in [6.45, 7) is 0. The van der Waals surface area contributed by atoms with Crippen LogP contribution in [-0.2, 0) is 4.79 Å². The Morgan fingerprint density at radius 3 is 2.18 bits per heavy atom. The van der Waals surface area contributed by atoms with Gasteiger partial charge in [0.05, 0.1) is 0 Å². The average molecular weight is 314 g/mol. The normalized spacial score (nSPS) is 10.0. The molecule has 0 heterocycles. The summed E-state index contributed by atoms with van der Waals surface area (Å²) in [5.41, 5.74) is 5.36. The van der Waals surface area contributed by atoms with E-state index in [1.807, 2.05) is 36.4 Å². The fourth-order valence-corrected chi connectivity index (χ4v) is 2.66. The van der Waals surface area contributed by atoms with Crippen molar-refractivity contribution in [3.05, 3.63) is 66.2 Å². The van der Waals surface area contributed by atoms with E-state index < -0.39 is 0 Å². The van der Waals surface area contributed by atoms with Gasteiger partial charge in [-0.15, -0.1) is 11.8 Å². The first-order chi connectivity index (χ1) is 10.8. The maximum Gasteiger partial charge on any atom is 0.269 e. The highest BCUT2D eigenvalue weighted by Gasteiger charge is 2.06. The molecule has 0 radical (unpaired) electrons.